The van der Waals surface area contributed by atoms with Crippen LogP contribution in [0.15, 0.2) is 48.7 Å². The average molecular weight is 525 g/mol. The number of halogens is 1. The van der Waals surface area contributed by atoms with Crippen molar-refractivity contribution < 1.29 is 14.1 Å². The Labute approximate surface area is 216 Å². The van der Waals surface area contributed by atoms with Gasteiger partial charge in [-0.3, -0.25) is 10.1 Å². The van der Waals surface area contributed by atoms with Crippen molar-refractivity contribution >= 4 is 34.3 Å². The fourth-order valence-electron chi connectivity index (χ4n) is 3.44. The van der Waals surface area contributed by atoms with Crippen molar-refractivity contribution in [3.05, 3.63) is 64.6 Å². The molecule has 4 aromatic rings. The summed E-state index contributed by atoms with van der Waals surface area (Å²) < 4.78 is 18.8. The van der Waals surface area contributed by atoms with E-state index in [4.69, 9.17) is 4.74 Å². The minimum Gasteiger partial charge on any atom is -0.494 e. The van der Waals surface area contributed by atoms with E-state index in [0.29, 0.717) is 39.4 Å². The van der Waals surface area contributed by atoms with Gasteiger partial charge in [0.1, 0.15) is 28.0 Å². The molecule has 2 aromatic carbocycles. The molecule has 4 rings (SSSR count). The van der Waals surface area contributed by atoms with Crippen LogP contribution < -0.4 is 15.0 Å². The van der Waals surface area contributed by atoms with Gasteiger partial charge in [-0.25, -0.2) is 14.4 Å². The van der Waals surface area contributed by atoms with Gasteiger partial charge >= 0.3 is 0 Å². The number of nitro groups is 1. The lowest BCUT2D eigenvalue weighted by Gasteiger charge is -2.22. The van der Waals surface area contributed by atoms with Crippen molar-refractivity contribution in [2.45, 2.75) is 0 Å². The van der Waals surface area contributed by atoms with E-state index in [-0.39, 0.29) is 17.5 Å². The molecule has 2 heterocycles. The van der Waals surface area contributed by atoms with Gasteiger partial charge in [0.05, 0.1) is 17.7 Å². The molecule has 0 aliphatic carbocycles. The van der Waals surface area contributed by atoms with Crippen LogP contribution in [-0.2, 0) is 0 Å². The molecule has 0 amide bonds. The quantitative estimate of drug-likeness (QED) is 0.235. The van der Waals surface area contributed by atoms with Crippen LogP contribution in [0.3, 0.4) is 0 Å². The van der Waals surface area contributed by atoms with Crippen LogP contribution >= 0.6 is 11.3 Å². The molecular formula is C24H25FN8O3S. The minimum atomic E-state index is -0.429. The van der Waals surface area contributed by atoms with Crippen LogP contribution in [0.1, 0.15) is 0 Å². The molecule has 0 saturated heterocycles. The first-order chi connectivity index (χ1) is 17.7. The SMILES string of the molecule is COc1cc(N(C)CCN(C)C)c([N+](=O)[O-])cc1Nc1nccc(-c2nnc(-c3ccc(F)cc3)s2)n1. The van der Waals surface area contributed by atoms with Gasteiger partial charge in [0, 0.05) is 44.0 Å². The molecule has 2 aromatic heterocycles. The highest BCUT2D eigenvalue weighted by Crippen LogP contribution is 2.39. The average Bonchev–Trinajstić information content (AvgIpc) is 3.38. The number of nitrogens with zero attached hydrogens (tertiary/aromatic N) is 7. The second-order valence-electron chi connectivity index (χ2n) is 8.33. The number of likely N-dealkylation sites (N-methyl/N-ethyl adjacent to an activating group) is 2. The Morgan fingerprint density at radius 3 is 2.49 bits per heavy atom. The second kappa shape index (κ2) is 11.2. The third kappa shape index (κ3) is 6.13. The fraction of sp³-hybridized carbons (Fsp3) is 0.250. The van der Waals surface area contributed by atoms with Crippen LogP contribution in [-0.4, -0.2) is 71.3 Å². The van der Waals surface area contributed by atoms with E-state index in [1.807, 2.05) is 23.9 Å². The van der Waals surface area contributed by atoms with Crippen molar-refractivity contribution in [1.82, 2.24) is 25.1 Å². The molecule has 0 aliphatic heterocycles. The van der Waals surface area contributed by atoms with Gasteiger partial charge in [0.15, 0.2) is 5.01 Å². The molecule has 0 unspecified atom stereocenters. The third-order valence-electron chi connectivity index (χ3n) is 5.42. The largest absolute Gasteiger partial charge is 0.494 e. The van der Waals surface area contributed by atoms with Gasteiger partial charge in [-0.1, -0.05) is 11.3 Å². The summed E-state index contributed by atoms with van der Waals surface area (Å²) >= 11 is 1.30. The number of aromatic nitrogens is 4. The highest BCUT2D eigenvalue weighted by molar-refractivity contribution is 7.17. The number of hydrogen-bond donors (Lipinski definition) is 1. The van der Waals surface area contributed by atoms with E-state index in [1.165, 1.54) is 36.6 Å². The van der Waals surface area contributed by atoms with Crippen LogP contribution in [0, 0.1) is 15.9 Å². The number of anilines is 3. The van der Waals surface area contributed by atoms with Crippen molar-refractivity contribution in [2.75, 3.05) is 51.6 Å². The van der Waals surface area contributed by atoms with Crippen molar-refractivity contribution in [3.63, 3.8) is 0 Å². The van der Waals surface area contributed by atoms with Crippen molar-refractivity contribution in [1.29, 1.82) is 0 Å². The van der Waals surface area contributed by atoms with Crippen LogP contribution in [0.2, 0.25) is 0 Å². The molecule has 0 fully saturated rings. The van der Waals surface area contributed by atoms with E-state index in [0.717, 1.165) is 12.1 Å². The molecule has 0 radical (unpaired) electrons. The lowest BCUT2D eigenvalue weighted by atomic mass is 10.2. The molecule has 37 heavy (non-hydrogen) atoms. The zero-order valence-corrected chi connectivity index (χ0v) is 21.5. The maximum absolute atomic E-state index is 13.2. The first kappa shape index (κ1) is 25.9. The predicted octanol–water partition coefficient (Wildman–Crippen LogP) is 4.46. The topological polar surface area (TPSA) is 122 Å². The van der Waals surface area contributed by atoms with Gasteiger partial charge in [0.2, 0.25) is 5.95 Å². The first-order valence-corrected chi connectivity index (χ1v) is 12.0. The first-order valence-electron chi connectivity index (χ1n) is 11.2. The molecule has 11 nitrogen and oxygen atoms in total. The highest BCUT2D eigenvalue weighted by atomic mass is 32.1. The summed E-state index contributed by atoms with van der Waals surface area (Å²) in [6.45, 7) is 1.32. The summed E-state index contributed by atoms with van der Waals surface area (Å²) in [6.07, 6.45) is 1.55. The number of ether oxygens (including phenoxy) is 1. The van der Waals surface area contributed by atoms with Crippen LogP contribution in [0.4, 0.5) is 27.4 Å². The summed E-state index contributed by atoms with van der Waals surface area (Å²) in [4.78, 5) is 24.0. The third-order valence-corrected chi connectivity index (χ3v) is 6.42. The standard InChI is InChI=1S/C24H25FN8O3S/c1-31(2)11-12-32(3)19-14-21(36-4)18(13-20(19)33(34)35)28-24-26-10-9-17(27-24)23-30-29-22(37-23)15-5-7-16(25)8-6-15/h5-10,13-14H,11-12H2,1-4H3,(H,26,27,28). The molecule has 0 aliphatic rings. The Hall–Kier alpha value is -4.23. The molecule has 0 atom stereocenters. The van der Waals surface area contributed by atoms with Gasteiger partial charge in [-0.05, 0) is 44.4 Å². The number of benzene rings is 2. The van der Waals surface area contributed by atoms with Gasteiger partial charge in [-0.2, -0.15) is 0 Å². The number of hydrogen-bond acceptors (Lipinski definition) is 11. The van der Waals surface area contributed by atoms with Crippen LogP contribution in [0.5, 0.6) is 5.75 Å². The maximum atomic E-state index is 13.2. The van der Waals surface area contributed by atoms with Gasteiger partial charge in [-0.15, -0.1) is 10.2 Å². The predicted molar refractivity (Wildman–Crippen MR) is 141 cm³/mol. The fourth-order valence-corrected chi connectivity index (χ4v) is 4.26. The van der Waals surface area contributed by atoms with E-state index in [1.54, 1.807) is 37.5 Å². The van der Waals surface area contributed by atoms with Crippen molar-refractivity contribution in [3.8, 4) is 27.0 Å². The number of rotatable bonds is 10. The zero-order valence-electron chi connectivity index (χ0n) is 20.7. The lowest BCUT2D eigenvalue weighted by Crippen LogP contribution is -2.28. The Balaban J connectivity index is 1.61. The van der Waals surface area contributed by atoms with E-state index < -0.39 is 4.92 Å². The number of nitrogens with one attached hydrogen (secondary N) is 1. The van der Waals surface area contributed by atoms with E-state index in [2.05, 4.69) is 25.5 Å². The van der Waals surface area contributed by atoms with E-state index >= 15 is 0 Å². The number of methoxy groups -OCH3 is 1. The molecule has 192 valence electrons. The maximum Gasteiger partial charge on any atom is 0.294 e. The van der Waals surface area contributed by atoms with E-state index in [9.17, 15) is 14.5 Å². The smallest absolute Gasteiger partial charge is 0.294 e. The monoisotopic (exact) mass is 524 g/mol. The van der Waals surface area contributed by atoms with Crippen LogP contribution in [0.25, 0.3) is 21.3 Å². The Bertz CT molecular complexity index is 1400. The lowest BCUT2D eigenvalue weighted by molar-refractivity contribution is -0.384. The van der Waals surface area contributed by atoms with Crippen molar-refractivity contribution in [2.24, 2.45) is 0 Å². The summed E-state index contributed by atoms with van der Waals surface area (Å²) in [5.74, 6) is 0.280. The molecule has 13 heteroatoms. The molecular weight excluding hydrogens is 499 g/mol. The normalized spacial score (nSPS) is 11.0. The Morgan fingerprint density at radius 2 is 1.81 bits per heavy atom. The summed E-state index contributed by atoms with van der Waals surface area (Å²) in [5.41, 5.74) is 1.96. The number of nitro benzene ring substituents is 1. The Morgan fingerprint density at radius 1 is 1.08 bits per heavy atom. The zero-order chi connectivity index (χ0) is 26.5. The summed E-state index contributed by atoms with van der Waals surface area (Å²) in [5, 5.41) is 24.4. The summed E-state index contributed by atoms with van der Waals surface area (Å²) in [6, 6.07) is 10.7. The minimum absolute atomic E-state index is 0.0752. The second-order valence-corrected chi connectivity index (χ2v) is 9.31. The highest BCUT2D eigenvalue weighted by Gasteiger charge is 2.22. The Kier molecular flexibility index (Phi) is 7.84. The molecule has 0 saturated carbocycles. The van der Waals surface area contributed by atoms with Gasteiger partial charge < -0.3 is 19.9 Å². The van der Waals surface area contributed by atoms with Gasteiger partial charge in [0.25, 0.3) is 5.69 Å². The summed E-state index contributed by atoms with van der Waals surface area (Å²) in [7, 11) is 7.17. The molecule has 0 bridgehead atoms. The molecule has 1 N–H and O–H groups in total. The molecule has 0 spiro atoms.